The fraction of sp³-hybridized carbons (Fsp3) is 0.222. The quantitative estimate of drug-likeness (QED) is 0.290. The van der Waals surface area contributed by atoms with E-state index in [0.717, 1.165) is 19.0 Å². The lowest BCUT2D eigenvalue weighted by molar-refractivity contribution is -0.137. The molecular weight excluding hydrogens is 387 g/mol. The van der Waals surface area contributed by atoms with Gasteiger partial charge in [0, 0.05) is 6.08 Å². The normalized spacial score (nSPS) is 19.4. The van der Waals surface area contributed by atoms with E-state index in [-0.39, 0.29) is 11.1 Å². The van der Waals surface area contributed by atoms with Gasteiger partial charge < -0.3 is 4.74 Å². The van der Waals surface area contributed by atoms with Gasteiger partial charge in [-0.15, -0.1) is 0 Å². The van der Waals surface area contributed by atoms with E-state index in [1.54, 1.807) is 6.08 Å². The number of carbonyl (C=O) groups excluding carboxylic acids is 1. The summed E-state index contributed by atoms with van der Waals surface area (Å²) < 4.78 is 5.34. The third-order valence-corrected chi connectivity index (χ3v) is 9.03. The molecule has 1 aliphatic heterocycles. The van der Waals surface area contributed by atoms with Crippen LogP contribution in [0.25, 0.3) is 0 Å². The lowest BCUT2D eigenvalue weighted by Crippen LogP contribution is -2.36. The Morgan fingerprint density at radius 2 is 1.43 bits per heavy atom. The molecule has 1 aliphatic rings. The predicted octanol–water partition coefficient (Wildman–Crippen LogP) is 6.02. The second-order valence-electron chi connectivity index (χ2n) is 7.45. The zero-order valence-electron chi connectivity index (χ0n) is 17.3. The van der Waals surface area contributed by atoms with Gasteiger partial charge in [-0.3, -0.25) is 0 Å². The van der Waals surface area contributed by atoms with E-state index >= 15 is 0 Å². The highest BCUT2D eigenvalue weighted by Crippen LogP contribution is 2.66. The van der Waals surface area contributed by atoms with E-state index in [1.807, 2.05) is 6.92 Å². The molecule has 3 aromatic rings. The van der Waals surface area contributed by atoms with Crippen LogP contribution in [-0.2, 0) is 14.7 Å². The van der Waals surface area contributed by atoms with Gasteiger partial charge in [-0.2, -0.15) is 0 Å². The molecule has 1 fully saturated rings. The summed E-state index contributed by atoms with van der Waals surface area (Å²) in [5, 5.41) is 1.03. The minimum atomic E-state index is -0.622. The Balaban J connectivity index is 2.02. The first-order valence-electron chi connectivity index (χ1n) is 10.6. The molecule has 1 heterocycles. The van der Waals surface area contributed by atoms with Crippen molar-refractivity contribution in [2.75, 3.05) is 12.8 Å². The van der Waals surface area contributed by atoms with Crippen molar-refractivity contribution in [3.8, 4) is 0 Å². The molecule has 3 aromatic carbocycles. The van der Waals surface area contributed by atoms with Crippen LogP contribution < -0.4 is 5.30 Å². The molecule has 1 atom stereocenters. The van der Waals surface area contributed by atoms with Crippen LogP contribution in [0.15, 0.2) is 103 Å². The summed E-state index contributed by atoms with van der Waals surface area (Å²) in [7, 11) is -0.622. The minimum absolute atomic E-state index is 0.242. The second kappa shape index (κ2) is 9.41. The molecule has 4 rings (SSSR count). The van der Waals surface area contributed by atoms with Crippen LogP contribution in [0.3, 0.4) is 0 Å². The van der Waals surface area contributed by atoms with Crippen LogP contribution in [0.1, 0.15) is 30.9 Å². The summed E-state index contributed by atoms with van der Waals surface area (Å²) >= 11 is 0. The fourth-order valence-corrected chi connectivity index (χ4v) is 8.02. The minimum Gasteiger partial charge on any atom is -0.463 e. The Bertz CT molecular complexity index is 957. The maximum Gasteiger partial charge on any atom is 0.330 e. The zero-order chi connectivity index (χ0) is 20.8. The molecule has 0 aliphatic carbocycles. The third-order valence-electron chi connectivity index (χ3n) is 5.73. The largest absolute Gasteiger partial charge is 0.463 e. The maximum absolute atomic E-state index is 12.6. The molecule has 3 heteroatoms. The van der Waals surface area contributed by atoms with Crippen LogP contribution in [0.2, 0.25) is 0 Å². The molecule has 0 amide bonds. The second-order valence-corrected chi connectivity index (χ2v) is 9.95. The molecule has 0 bridgehead atoms. The first kappa shape index (κ1) is 20.6. The number of benzene rings is 3. The van der Waals surface area contributed by atoms with Crippen molar-refractivity contribution < 1.29 is 9.53 Å². The molecule has 30 heavy (non-hydrogen) atoms. The highest BCUT2D eigenvalue weighted by Gasteiger charge is 2.47. The van der Waals surface area contributed by atoms with Crippen molar-refractivity contribution >= 4 is 19.2 Å². The van der Waals surface area contributed by atoms with E-state index in [2.05, 4.69) is 91.0 Å². The van der Waals surface area contributed by atoms with Gasteiger partial charge in [-0.25, -0.2) is 4.79 Å². The van der Waals surface area contributed by atoms with E-state index in [9.17, 15) is 4.79 Å². The first-order chi connectivity index (χ1) is 14.8. The van der Waals surface area contributed by atoms with Gasteiger partial charge in [-0.05, 0) is 47.9 Å². The van der Waals surface area contributed by atoms with Gasteiger partial charge in [-0.1, -0.05) is 98.9 Å². The Hall–Kier alpha value is -2.70. The van der Waals surface area contributed by atoms with E-state index < -0.39 is 7.92 Å². The maximum atomic E-state index is 12.6. The van der Waals surface area contributed by atoms with Crippen LogP contribution >= 0.6 is 7.92 Å². The standard InChI is InChI=1S/C27H27O2P/c1-2-29-26(28)21-24-17-12-20-30(25-18-10-5-11-19-25)27(24,22-13-6-3-7-14-22)23-15-8-4-9-16-23/h3-11,13-16,18-19,21H,2,12,17,20H2,1H3. The molecule has 0 saturated carbocycles. The smallest absolute Gasteiger partial charge is 0.330 e. The summed E-state index contributed by atoms with van der Waals surface area (Å²) in [6.07, 6.45) is 4.88. The van der Waals surface area contributed by atoms with Crippen LogP contribution in [0, 0.1) is 0 Å². The lowest BCUT2D eigenvalue weighted by atomic mass is 9.81. The number of hydrogen-bond donors (Lipinski definition) is 0. The van der Waals surface area contributed by atoms with Gasteiger partial charge in [0.1, 0.15) is 0 Å². The molecule has 0 N–H and O–H groups in total. The summed E-state index contributed by atoms with van der Waals surface area (Å²) in [5.74, 6) is -0.242. The fourth-order valence-electron chi connectivity index (χ4n) is 4.59. The summed E-state index contributed by atoms with van der Waals surface area (Å²) in [4.78, 5) is 12.6. The molecule has 1 saturated heterocycles. The lowest BCUT2D eigenvalue weighted by Gasteiger charge is -2.48. The van der Waals surface area contributed by atoms with Crippen LogP contribution in [-0.4, -0.2) is 18.7 Å². The van der Waals surface area contributed by atoms with Gasteiger partial charge >= 0.3 is 5.97 Å². The number of hydrogen-bond acceptors (Lipinski definition) is 2. The van der Waals surface area contributed by atoms with Crippen molar-refractivity contribution in [2.24, 2.45) is 0 Å². The molecule has 152 valence electrons. The van der Waals surface area contributed by atoms with Gasteiger partial charge in [0.2, 0.25) is 0 Å². The van der Waals surface area contributed by atoms with Gasteiger partial charge in [0.25, 0.3) is 0 Å². The topological polar surface area (TPSA) is 26.3 Å². The highest BCUT2D eigenvalue weighted by atomic mass is 31.1. The highest BCUT2D eigenvalue weighted by molar-refractivity contribution is 7.67. The van der Waals surface area contributed by atoms with E-state index in [0.29, 0.717) is 6.61 Å². The third kappa shape index (κ3) is 3.85. The van der Waals surface area contributed by atoms with E-state index in [4.69, 9.17) is 4.74 Å². The Morgan fingerprint density at radius 3 is 1.97 bits per heavy atom. The van der Waals surface area contributed by atoms with Crippen molar-refractivity contribution in [2.45, 2.75) is 24.9 Å². The van der Waals surface area contributed by atoms with E-state index in [1.165, 1.54) is 22.0 Å². The van der Waals surface area contributed by atoms with Crippen molar-refractivity contribution in [3.63, 3.8) is 0 Å². The molecule has 2 nitrogen and oxygen atoms in total. The first-order valence-corrected chi connectivity index (χ1v) is 12.1. The van der Waals surface area contributed by atoms with Gasteiger partial charge in [0.15, 0.2) is 0 Å². The SMILES string of the molecule is CCOC(=O)C=C1CCCP(c2ccccc2)C1(c1ccccc1)c1ccccc1. The summed E-state index contributed by atoms with van der Waals surface area (Å²) in [6, 6.07) is 32.2. The molecular formula is C27H27O2P. The molecule has 0 aromatic heterocycles. The van der Waals surface area contributed by atoms with Crippen molar-refractivity contribution in [3.05, 3.63) is 114 Å². The summed E-state index contributed by atoms with van der Waals surface area (Å²) in [5.41, 5.74) is 3.67. The number of allylic oxidation sites excluding steroid dienone is 1. The number of carbonyl (C=O) groups is 1. The van der Waals surface area contributed by atoms with Gasteiger partial charge in [0.05, 0.1) is 11.8 Å². The zero-order valence-corrected chi connectivity index (χ0v) is 18.2. The molecule has 0 radical (unpaired) electrons. The average Bonchev–Trinajstić information content (AvgIpc) is 2.81. The Kier molecular flexibility index (Phi) is 6.45. The van der Waals surface area contributed by atoms with Crippen LogP contribution in [0.4, 0.5) is 0 Å². The average molecular weight is 414 g/mol. The summed E-state index contributed by atoms with van der Waals surface area (Å²) in [6.45, 7) is 2.25. The van der Waals surface area contributed by atoms with Crippen molar-refractivity contribution in [1.29, 1.82) is 0 Å². The Labute approximate surface area is 180 Å². The number of ether oxygens (including phenoxy) is 1. The molecule has 1 unspecified atom stereocenters. The monoisotopic (exact) mass is 414 g/mol. The number of esters is 1. The Morgan fingerprint density at radius 1 is 0.900 bits per heavy atom. The predicted molar refractivity (Wildman–Crippen MR) is 125 cm³/mol. The molecule has 0 spiro atoms. The number of rotatable bonds is 5. The van der Waals surface area contributed by atoms with Crippen LogP contribution in [0.5, 0.6) is 0 Å². The van der Waals surface area contributed by atoms with Crippen molar-refractivity contribution in [1.82, 2.24) is 0 Å².